The summed E-state index contributed by atoms with van der Waals surface area (Å²) in [6.07, 6.45) is -0.593. The Bertz CT molecular complexity index is 546. The van der Waals surface area contributed by atoms with Gasteiger partial charge in [0, 0.05) is 17.5 Å². The smallest absolute Gasteiger partial charge is 0.143 e. The fourth-order valence-corrected chi connectivity index (χ4v) is 2.70. The number of ether oxygens (including phenoxy) is 1. The van der Waals surface area contributed by atoms with E-state index in [1.54, 1.807) is 14.0 Å². The SMILES string of the molecule is CCn1c(Cl)c(C(C)O)c2cccc(OC)c21. The van der Waals surface area contributed by atoms with Crippen molar-refractivity contribution < 1.29 is 9.84 Å². The van der Waals surface area contributed by atoms with Gasteiger partial charge in [-0.1, -0.05) is 23.7 Å². The lowest BCUT2D eigenvalue weighted by Crippen LogP contribution is -1.96. The van der Waals surface area contributed by atoms with Crippen LogP contribution in [0.5, 0.6) is 5.75 Å². The topological polar surface area (TPSA) is 34.4 Å². The van der Waals surface area contributed by atoms with Crippen LogP contribution in [0.25, 0.3) is 10.9 Å². The van der Waals surface area contributed by atoms with Gasteiger partial charge in [0.25, 0.3) is 0 Å². The highest BCUT2D eigenvalue weighted by Gasteiger charge is 2.20. The molecule has 92 valence electrons. The lowest BCUT2D eigenvalue weighted by atomic mass is 10.1. The third-order valence-corrected chi connectivity index (χ3v) is 3.38. The molecule has 0 radical (unpaired) electrons. The maximum atomic E-state index is 9.84. The van der Waals surface area contributed by atoms with E-state index >= 15 is 0 Å². The van der Waals surface area contributed by atoms with Gasteiger partial charge in [-0.05, 0) is 19.9 Å². The first-order valence-corrected chi connectivity index (χ1v) is 6.02. The number of aryl methyl sites for hydroxylation is 1. The first kappa shape index (κ1) is 12.3. The molecule has 0 spiro atoms. The summed E-state index contributed by atoms with van der Waals surface area (Å²) < 4.78 is 7.31. The van der Waals surface area contributed by atoms with Crippen molar-refractivity contribution in [1.29, 1.82) is 0 Å². The van der Waals surface area contributed by atoms with E-state index in [1.165, 1.54) is 0 Å². The average molecular weight is 254 g/mol. The Morgan fingerprint density at radius 1 is 1.47 bits per heavy atom. The third kappa shape index (κ3) is 1.79. The van der Waals surface area contributed by atoms with Gasteiger partial charge >= 0.3 is 0 Å². The van der Waals surface area contributed by atoms with E-state index in [0.29, 0.717) is 5.15 Å². The maximum absolute atomic E-state index is 9.84. The van der Waals surface area contributed by atoms with Crippen LogP contribution in [0.15, 0.2) is 18.2 Å². The summed E-state index contributed by atoms with van der Waals surface area (Å²) in [6.45, 7) is 4.48. The van der Waals surface area contributed by atoms with Crippen molar-refractivity contribution in [3.05, 3.63) is 28.9 Å². The molecule has 1 aromatic heterocycles. The van der Waals surface area contributed by atoms with Crippen molar-refractivity contribution in [1.82, 2.24) is 4.57 Å². The molecule has 1 heterocycles. The van der Waals surface area contributed by atoms with E-state index in [9.17, 15) is 5.11 Å². The van der Waals surface area contributed by atoms with E-state index in [1.807, 2.05) is 29.7 Å². The van der Waals surface area contributed by atoms with Crippen LogP contribution in [0.3, 0.4) is 0 Å². The standard InChI is InChI=1S/C13H16ClNO2/c1-4-15-12-9(6-5-7-10(12)17-3)11(8(2)16)13(15)14/h5-8,16H,4H2,1-3H3. The number of methoxy groups -OCH3 is 1. The molecule has 0 fully saturated rings. The molecule has 0 aliphatic carbocycles. The summed E-state index contributed by atoms with van der Waals surface area (Å²) >= 11 is 6.32. The fraction of sp³-hybridized carbons (Fsp3) is 0.385. The second kappa shape index (κ2) is 4.59. The van der Waals surface area contributed by atoms with Crippen LogP contribution in [0.4, 0.5) is 0 Å². The Balaban J connectivity index is 2.90. The number of nitrogens with zero attached hydrogens (tertiary/aromatic N) is 1. The molecule has 0 bridgehead atoms. The molecule has 2 aromatic rings. The molecule has 0 aliphatic heterocycles. The number of rotatable bonds is 3. The highest BCUT2D eigenvalue weighted by molar-refractivity contribution is 6.32. The monoisotopic (exact) mass is 253 g/mol. The van der Waals surface area contributed by atoms with E-state index in [4.69, 9.17) is 16.3 Å². The van der Waals surface area contributed by atoms with Gasteiger partial charge in [0.1, 0.15) is 10.9 Å². The van der Waals surface area contributed by atoms with E-state index in [2.05, 4.69) is 0 Å². The molecular weight excluding hydrogens is 238 g/mol. The first-order chi connectivity index (χ1) is 8.11. The number of aliphatic hydroxyl groups excluding tert-OH is 1. The summed E-state index contributed by atoms with van der Waals surface area (Å²) in [6, 6.07) is 5.76. The van der Waals surface area contributed by atoms with Crippen molar-refractivity contribution in [2.24, 2.45) is 0 Å². The van der Waals surface area contributed by atoms with E-state index < -0.39 is 6.10 Å². The van der Waals surface area contributed by atoms with E-state index in [0.717, 1.165) is 28.8 Å². The number of hydrogen-bond acceptors (Lipinski definition) is 2. The molecule has 17 heavy (non-hydrogen) atoms. The predicted octanol–water partition coefficient (Wildman–Crippen LogP) is 3.38. The average Bonchev–Trinajstić information content (AvgIpc) is 2.60. The van der Waals surface area contributed by atoms with Crippen molar-refractivity contribution in [3.63, 3.8) is 0 Å². The van der Waals surface area contributed by atoms with Crippen LogP contribution in [0.2, 0.25) is 5.15 Å². The zero-order valence-corrected chi connectivity index (χ0v) is 11.0. The van der Waals surface area contributed by atoms with Crippen molar-refractivity contribution in [2.75, 3.05) is 7.11 Å². The summed E-state index contributed by atoms with van der Waals surface area (Å²) in [5.41, 5.74) is 1.71. The van der Waals surface area contributed by atoms with Gasteiger partial charge in [0.05, 0.1) is 18.7 Å². The van der Waals surface area contributed by atoms with E-state index in [-0.39, 0.29) is 0 Å². The Morgan fingerprint density at radius 3 is 2.71 bits per heavy atom. The van der Waals surface area contributed by atoms with Crippen LogP contribution in [-0.2, 0) is 6.54 Å². The Hall–Kier alpha value is -1.19. The zero-order valence-electron chi connectivity index (χ0n) is 10.2. The second-order valence-electron chi connectivity index (χ2n) is 3.98. The summed E-state index contributed by atoms with van der Waals surface area (Å²) in [7, 11) is 1.64. The van der Waals surface area contributed by atoms with Gasteiger partial charge in [-0.25, -0.2) is 0 Å². The van der Waals surface area contributed by atoms with Gasteiger partial charge in [0.15, 0.2) is 0 Å². The number of fused-ring (bicyclic) bond motifs is 1. The molecule has 0 amide bonds. The predicted molar refractivity (Wildman–Crippen MR) is 69.8 cm³/mol. The fourth-order valence-electron chi connectivity index (χ4n) is 2.23. The second-order valence-corrected chi connectivity index (χ2v) is 4.34. The lowest BCUT2D eigenvalue weighted by molar-refractivity contribution is 0.200. The maximum Gasteiger partial charge on any atom is 0.143 e. The molecule has 0 saturated heterocycles. The number of hydrogen-bond donors (Lipinski definition) is 1. The number of benzene rings is 1. The number of aromatic nitrogens is 1. The molecule has 2 rings (SSSR count). The minimum Gasteiger partial charge on any atom is -0.495 e. The quantitative estimate of drug-likeness (QED) is 0.910. The van der Waals surface area contributed by atoms with Crippen molar-refractivity contribution in [2.45, 2.75) is 26.5 Å². The molecule has 1 atom stereocenters. The number of halogens is 1. The molecule has 4 heteroatoms. The minimum absolute atomic E-state index is 0.585. The van der Waals surface area contributed by atoms with Crippen molar-refractivity contribution >= 4 is 22.5 Å². The van der Waals surface area contributed by atoms with Gasteiger partial charge < -0.3 is 14.4 Å². The van der Waals surface area contributed by atoms with Crippen molar-refractivity contribution in [3.8, 4) is 5.75 Å². The molecule has 1 unspecified atom stereocenters. The molecule has 0 aliphatic rings. The molecule has 3 nitrogen and oxygen atoms in total. The largest absolute Gasteiger partial charge is 0.495 e. The zero-order chi connectivity index (χ0) is 12.6. The third-order valence-electron chi connectivity index (χ3n) is 2.97. The van der Waals surface area contributed by atoms with Gasteiger partial charge in [-0.2, -0.15) is 0 Å². The van der Waals surface area contributed by atoms with Crippen LogP contribution in [-0.4, -0.2) is 16.8 Å². The Labute approximate surface area is 106 Å². The van der Waals surface area contributed by atoms with Crippen LogP contribution in [0.1, 0.15) is 25.5 Å². The van der Waals surface area contributed by atoms with Gasteiger partial charge in [-0.3, -0.25) is 0 Å². The summed E-state index contributed by atoms with van der Waals surface area (Å²) in [5.74, 6) is 0.776. The molecule has 1 aromatic carbocycles. The van der Waals surface area contributed by atoms with Gasteiger partial charge in [-0.15, -0.1) is 0 Å². The summed E-state index contributed by atoms with van der Waals surface area (Å²) in [5, 5.41) is 11.4. The minimum atomic E-state index is -0.593. The van der Waals surface area contributed by atoms with Crippen LogP contribution < -0.4 is 4.74 Å². The van der Waals surface area contributed by atoms with Gasteiger partial charge in [0.2, 0.25) is 0 Å². The Kier molecular flexibility index (Phi) is 3.31. The summed E-state index contributed by atoms with van der Waals surface area (Å²) in [4.78, 5) is 0. The number of para-hydroxylation sites is 1. The highest BCUT2D eigenvalue weighted by Crippen LogP contribution is 2.38. The molecule has 1 N–H and O–H groups in total. The molecule has 0 saturated carbocycles. The lowest BCUT2D eigenvalue weighted by Gasteiger charge is -2.06. The first-order valence-electron chi connectivity index (χ1n) is 5.64. The highest BCUT2D eigenvalue weighted by atomic mass is 35.5. The number of aliphatic hydroxyl groups is 1. The molecular formula is C13H16ClNO2. The van der Waals surface area contributed by atoms with Crippen LogP contribution >= 0.6 is 11.6 Å². The van der Waals surface area contributed by atoms with Crippen LogP contribution in [0, 0.1) is 0 Å². The Morgan fingerprint density at radius 2 is 2.18 bits per heavy atom. The normalized spacial score (nSPS) is 13.0.